The van der Waals surface area contributed by atoms with Crippen molar-refractivity contribution >= 4 is 11.8 Å². The number of hydrogen-bond acceptors (Lipinski definition) is 5. The van der Waals surface area contributed by atoms with Crippen molar-refractivity contribution in [2.24, 2.45) is 12.8 Å². The van der Waals surface area contributed by atoms with Gasteiger partial charge < -0.3 is 10.2 Å². The second kappa shape index (κ2) is 5.37. The maximum absolute atomic E-state index is 6.14. The van der Waals surface area contributed by atoms with E-state index in [0.717, 1.165) is 17.3 Å². The molecule has 0 radical (unpaired) electrons. The maximum Gasteiger partial charge on any atom is 0.186 e. The predicted octanol–water partition coefficient (Wildman–Crippen LogP) is 1.98. The summed E-state index contributed by atoms with van der Waals surface area (Å²) in [6.45, 7) is 2.07. The first-order valence-corrected chi connectivity index (χ1v) is 6.40. The molecule has 92 valence electrons. The van der Waals surface area contributed by atoms with E-state index in [9.17, 15) is 0 Å². The van der Waals surface area contributed by atoms with E-state index in [1.807, 2.05) is 19.2 Å². The molecule has 0 saturated heterocycles. The summed E-state index contributed by atoms with van der Waals surface area (Å²) in [5.41, 5.74) is 6.14. The van der Waals surface area contributed by atoms with Gasteiger partial charge in [-0.05, 0) is 18.6 Å². The van der Waals surface area contributed by atoms with Crippen LogP contribution in [0.4, 0.5) is 0 Å². The van der Waals surface area contributed by atoms with Crippen LogP contribution in [-0.2, 0) is 7.05 Å². The zero-order valence-corrected chi connectivity index (χ0v) is 10.7. The van der Waals surface area contributed by atoms with Crippen molar-refractivity contribution in [3.8, 4) is 0 Å². The molecule has 6 heteroatoms. The highest BCUT2D eigenvalue weighted by Gasteiger charge is 2.24. The second-order valence-corrected chi connectivity index (χ2v) is 4.90. The normalized spacial score (nSPS) is 14.8. The first-order chi connectivity index (χ1) is 8.22. The molecule has 0 aliphatic rings. The van der Waals surface area contributed by atoms with Gasteiger partial charge in [0.2, 0.25) is 0 Å². The Morgan fingerprint density at radius 2 is 2.41 bits per heavy atom. The van der Waals surface area contributed by atoms with E-state index in [2.05, 4.69) is 17.0 Å². The Morgan fingerprint density at radius 3 is 2.94 bits per heavy atom. The van der Waals surface area contributed by atoms with Gasteiger partial charge in [0, 0.05) is 13.1 Å². The van der Waals surface area contributed by atoms with Crippen LogP contribution >= 0.6 is 11.8 Å². The van der Waals surface area contributed by atoms with E-state index in [1.54, 1.807) is 29.0 Å². The highest BCUT2D eigenvalue weighted by atomic mass is 32.2. The highest BCUT2D eigenvalue weighted by molar-refractivity contribution is 7.99. The van der Waals surface area contributed by atoms with E-state index in [0.29, 0.717) is 0 Å². The first kappa shape index (κ1) is 12.2. The molecule has 5 nitrogen and oxygen atoms in total. The number of rotatable bonds is 5. The average Bonchev–Trinajstić information content (AvgIpc) is 2.97. The summed E-state index contributed by atoms with van der Waals surface area (Å²) in [5.74, 6) is 0.882. The SMILES string of the molecule is CCC(N)C(Sc1ncnn1C)c1ccco1. The van der Waals surface area contributed by atoms with Crippen molar-refractivity contribution in [3.63, 3.8) is 0 Å². The molecule has 2 aromatic rings. The molecule has 0 amide bonds. The molecule has 0 aliphatic heterocycles. The predicted molar refractivity (Wildman–Crippen MR) is 66.6 cm³/mol. The van der Waals surface area contributed by atoms with Gasteiger partial charge in [0.05, 0.1) is 11.5 Å². The van der Waals surface area contributed by atoms with Crippen LogP contribution < -0.4 is 5.73 Å². The van der Waals surface area contributed by atoms with Crippen molar-refractivity contribution in [2.45, 2.75) is 29.8 Å². The van der Waals surface area contributed by atoms with Crippen molar-refractivity contribution in [1.82, 2.24) is 14.8 Å². The van der Waals surface area contributed by atoms with Crippen LogP contribution in [0, 0.1) is 0 Å². The number of nitrogens with zero attached hydrogens (tertiary/aromatic N) is 3. The third-order valence-electron chi connectivity index (χ3n) is 2.59. The van der Waals surface area contributed by atoms with Gasteiger partial charge in [-0.25, -0.2) is 9.67 Å². The van der Waals surface area contributed by atoms with Crippen LogP contribution in [0.5, 0.6) is 0 Å². The Balaban J connectivity index is 2.20. The topological polar surface area (TPSA) is 69.9 Å². The molecular formula is C11H16N4OS. The van der Waals surface area contributed by atoms with Gasteiger partial charge in [0.15, 0.2) is 5.16 Å². The van der Waals surface area contributed by atoms with E-state index < -0.39 is 0 Å². The molecule has 2 rings (SSSR count). The molecule has 0 aliphatic carbocycles. The van der Waals surface area contributed by atoms with E-state index in [-0.39, 0.29) is 11.3 Å². The molecule has 0 fully saturated rings. The Labute approximate surface area is 104 Å². The molecule has 2 N–H and O–H groups in total. The second-order valence-electron chi connectivity index (χ2n) is 3.79. The van der Waals surface area contributed by atoms with Crippen molar-refractivity contribution < 1.29 is 4.42 Å². The Hall–Kier alpha value is -1.27. The summed E-state index contributed by atoms with van der Waals surface area (Å²) >= 11 is 1.58. The maximum atomic E-state index is 6.14. The van der Waals surface area contributed by atoms with Gasteiger partial charge >= 0.3 is 0 Å². The molecule has 0 aromatic carbocycles. The zero-order valence-electron chi connectivity index (χ0n) is 9.91. The molecular weight excluding hydrogens is 236 g/mol. The van der Waals surface area contributed by atoms with Crippen molar-refractivity contribution in [1.29, 1.82) is 0 Å². The lowest BCUT2D eigenvalue weighted by Gasteiger charge is -2.19. The minimum Gasteiger partial charge on any atom is -0.468 e. The molecule has 2 aromatic heterocycles. The Bertz CT molecular complexity index is 454. The van der Waals surface area contributed by atoms with Gasteiger partial charge in [-0.1, -0.05) is 18.7 Å². The van der Waals surface area contributed by atoms with Crippen LogP contribution in [0.25, 0.3) is 0 Å². The molecule has 0 saturated carbocycles. The zero-order chi connectivity index (χ0) is 12.3. The largest absolute Gasteiger partial charge is 0.468 e. The van der Waals surface area contributed by atoms with E-state index in [4.69, 9.17) is 10.2 Å². The first-order valence-electron chi connectivity index (χ1n) is 5.52. The average molecular weight is 252 g/mol. The fourth-order valence-corrected chi connectivity index (χ4v) is 2.68. The quantitative estimate of drug-likeness (QED) is 0.824. The Kier molecular flexibility index (Phi) is 3.86. The third-order valence-corrected chi connectivity index (χ3v) is 4.00. The van der Waals surface area contributed by atoms with Crippen LogP contribution in [-0.4, -0.2) is 20.8 Å². The number of hydrogen-bond donors (Lipinski definition) is 1. The smallest absolute Gasteiger partial charge is 0.186 e. The fraction of sp³-hybridized carbons (Fsp3) is 0.455. The van der Waals surface area contributed by atoms with Crippen molar-refractivity contribution in [2.75, 3.05) is 0 Å². The van der Waals surface area contributed by atoms with Crippen molar-refractivity contribution in [3.05, 3.63) is 30.5 Å². The van der Waals surface area contributed by atoms with Crippen LogP contribution in [0.1, 0.15) is 24.4 Å². The van der Waals surface area contributed by atoms with Crippen LogP contribution in [0.2, 0.25) is 0 Å². The highest BCUT2D eigenvalue weighted by Crippen LogP contribution is 2.36. The minimum atomic E-state index is 0.0304. The van der Waals surface area contributed by atoms with Gasteiger partial charge in [0.25, 0.3) is 0 Å². The Morgan fingerprint density at radius 1 is 1.59 bits per heavy atom. The molecule has 0 bridgehead atoms. The molecule has 0 spiro atoms. The fourth-order valence-electron chi connectivity index (χ4n) is 1.53. The number of aromatic nitrogens is 3. The number of nitrogens with two attached hydrogens (primary N) is 1. The number of furan rings is 1. The summed E-state index contributed by atoms with van der Waals surface area (Å²) in [7, 11) is 1.87. The van der Waals surface area contributed by atoms with E-state index in [1.165, 1.54) is 0 Å². The summed E-state index contributed by atoms with van der Waals surface area (Å²) in [6.07, 6.45) is 4.09. The third kappa shape index (κ3) is 2.70. The molecule has 17 heavy (non-hydrogen) atoms. The van der Waals surface area contributed by atoms with Crippen LogP contribution in [0.3, 0.4) is 0 Å². The molecule has 2 unspecified atom stereocenters. The number of aryl methyl sites for hydroxylation is 1. The molecule has 2 heterocycles. The van der Waals surface area contributed by atoms with Crippen LogP contribution in [0.15, 0.2) is 34.3 Å². The lowest BCUT2D eigenvalue weighted by atomic mass is 10.1. The summed E-state index contributed by atoms with van der Waals surface area (Å²) < 4.78 is 7.19. The summed E-state index contributed by atoms with van der Waals surface area (Å²) in [4.78, 5) is 4.20. The van der Waals surface area contributed by atoms with Gasteiger partial charge in [-0.15, -0.1) is 0 Å². The van der Waals surface area contributed by atoms with Gasteiger partial charge in [0.1, 0.15) is 12.1 Å². The monoisotopic (exact) mass is 252 g/mol. The lowest BCUT2D eigenvalue weighted by molar-refractivity contribution is 0.473. The number of thioether (sulfide) groups is 1. The lowest BCUT2D eigenvalue weighted by Crippen LogP contribution is -2.25. The van der Waals surface area contributed by atoms with Gasteiger partial charge in [-0.2, -0.15) is 5.10 Å². The summed E-state index contributed by atoms with van der Waals surface area (Å²) in [6, 6.07) is 3.86. The summed E-state index contributed by atoms with van der Waals surface area (Å²) in [5, 5.41) is 4.96. The standard InChI is InChI=1S/C11H16N4OS/c1-3-8(12)10(9-5-4-6-16-9)17-11-13-7-14-15(11)2/h4-8,10H,3,12H2,1-2H3. The minimum absolute atomic E-state index is 0.0304. The molecule has 2 atom stereocenters. The van der Waals surface area contributed by atoms with Gasteiger partial charge in [-0.3, -0.25) is 0 Å². The van der Waals surface area contributed by atoms with E-state index >= 15 is 0 Å².